The number of ether oxygens (including phenoxy) is 1. The van der Waals surface area contributed by atoms with Crippen LogP contribution in [0.15, 0.2) is 24.3 Å². The van der Waals surface area contributed by atoms with Gasteiger partial charge in [-0.15, -0.1) is 0 Å². The summed E-state index contributed by atoms with van der Waals surface area (Å²) < 4.78 is 5.45. The van der Waals surface area contributed by atoms with Crippen molar-refractivity contribution in [1.29, 1.82) is 0 Å². The maximum Gasteiger partial charge on any atom is 0.249 e. The highest BCUT2D eigenvalue weighted by Gasteiger charge is 2.26. The van der Waals surface area contributed by atoms with Crippen LogP contribution >= 0.6 is 0 Å². The van der Waals surface area contributed by atoms with Gasteiger partial charge < -0.3 is 10.1 Å². The van der Waals surface area contributed by atoms with Crippen molar-refractivity contribution in [2.24, 2.45) is 0 Å². The monoisotopic (exact) mass is 302 g/mol. The van der Waals surface area contributed by atoms with Crippen molar-refractivity contribution in [3.63, 3.8) is 0 Å². The van der Waals surface area contributed by atoms with E-state index in [-0.39, 0.29) is 12.0 Å². The number of amides is 1. The molecule has 22 heavy (non-hydrogen) atoms. The smallest absolute Gasteiger partial charge is 0.249 e. The summed E-state index contributed by atoms with van der Waals surface area (Å²) in [4.78, 5) is 14.6. The van der Waals surface area contributed by atoms with Gasteiger partial charge in [0.1, 0.15) is 6.10 Å². The summed E-state index contributed by atoms with van der Waals surface area (Å²) >= 11 is 0. The maximum absolute atomic E-state index is 12.1. The topological polar surface area (TPSA) is 41.6 Å². The van der Waals surface area contributed by atoms with Crippen molar-refractivity contribution in [3.8, 4) is 0 Å². The zero-order valence-corrected chi connectivity index (χ0v) is 13.4. The van der Waals surface area contributed by atoms with Crippen molar-refractivity contribution in [2.45, 2.75) is 51.3 Å². The molecule has 1 aromatic carbocycles. The maximum atomic E-state index is 12.1. The van der Waals surface area contributed by atoms with Crippen molar-refractivity contribution in [3.05, 3.63) is 35.4 Å². The predicted octanol–water partition coefficient (Wildman–Crippen LogP) is 2.12. The molecule has 0 unspecified atom stereocenters. The molecule has 0 bridgehead atoms. The van der Waals surface area contributed by atoms with Crippen molar-refractivity contribution in [2.75, 3.05) is 19.7 Å². The van der Waals surface area contributed by atoms with Crippen LogP contribution < -0.4 is 5.32 Å². The van der Waals surface area contributed by atoms with E-state index in [1.165, 1.54) is 11.1 Å². The highest BCUT2D eigenvalue weighted by molar-refractivity contribution is 5.80. The zero-order valence-electron chi connectivity index (χ0n) is 13.4. The highest BCUT2D eigenvalue weighted by Crippen LogP contribution is 2.21. The lowest BCUT2D eigenvalue weighted by Crippen LogP contribution is -2.47. The molecule has 1 amide bonds. The second-order valence-electron chi connectivity index (χ2n) is 6.30. The third-order valence-corrected chi connectivity index (χ3v) is 4.88. The van der Waals surface area contributed by atoms with Gasteiger partial charge in [0, 0.05) is 32.3 Å². The van der Waals surface area contributed by atoms with E-state index in [0.29, 0.717) is 6.04 Å². The van der Waals surface area contributed by atoms with E-state index in [2.05, 4.69) is 41.4 Å². The molecule has 2 aliphatic rings. The van der Waals surface area contributed by atoms with E-state index in [4.69, 9.17) is 4.74 Å². The van der Waals surface area contributed by atoms with Gasteiger partial charge >= 0.3 is 0 Å². The normalized spacial score (nSPS) is 23.0. The van der Waals surface area contributed by atoms with E-state index in [1.54, 1.807) is 0 Å². The van der Waals surface area contributed by atoms with E-state index in [0.717, 1.165) is 51.9 Å². The predicted molar refractivity (Wildman–Crippen MR) is 86.6 cm³/mol. The second-order valence-corrected chi connectivity index (χ2v) is 6.30. The van der Waals surface area contributed by atoms with Crippen LogP contribution in [0.3, 0.4) is 0 Å². The molecular weight excluding hydrogens is 276 g/mol. The van der Waals surface area contributed by atoms with Crippen LogP contribution in [0.25, 0.3) is 0 Å². The van der Waals surface area contributed by atoms with E-state index < -0.39 is 0 Å². The minimum Gasteiger partial charge on any atom is -0.368 e. The second kappa shape index (κ2) is 7.25. The van der Waals surface area contributed by atoms with Gasteiger partial charge in [-0.25, -0.2) is 0 Å². The summed E-state index contributed by atoms with van der Waals surface area (Å²) in [5.41, 5.74) is 2.90. The Balaban J connectivity index is 1.54. The van der Waals surface area contributed by atoms with Crippen molar-refractivity contribution < 1.29 is 9.53 Å². The van der Waals surface area contributed by atoms with Crippen LogP contribution in [0, 0.1) is 0 Å². The molecule has 4 heteroatoms. The first-order valence-corrected chi connectivity index (χ1v) is 8.48. The van der Waals surface area contributed by atoms with Gasteiger partial charge in [0.05, 0.1) is 0 Å². The average Bonchev–Trinajstić information content (AvgIpc) is 3.09. The number of hydrogen-bond acceptors (Lipinski definition) is 3. The van der Waals surface area contributed by atoms with Gasteiger partial charge in [-0.2, -0.15) is 0 Å². The van der Waals surface area contributed by atoms with Crippen LogP contribution in [0.1, 0.15) is 37.3 Å². The number of benzene rings is 1. The Kier molecular flexibility index (Phi) is 5.11. The number of nitrogens with zero attached hydrogens (tertiary/aromatic N) is 1. The molecule has 2 aliphatic heterocycles. The molecule has 1 aromatic rings. The molecular formula is C18H26N2O2. The standard InChI is InChI=1S/C18H26N2O2/c1-2-16(12-19-18(21)17-8-5-11-22-17)20-10-9-14-6-3-4-7-15(14)13-20/h3-4,6-7,16-17H,2,5,8-13H2,1H3,(H,19,21)/t16-,17-/m1/s1. The SMILES string of the molecule is CC[C@H](CNC(=O)[C@H]1CCCO1)N1CCc2ccccc2C1. The van der Waals surface area contributed by atoms with Gasteiger partial charge in [0.2, 0.25) is 5.91 Å². The lowest BCUT2D eigenvalue weighted by atomic mass is 9.98. The molecule has 1 saturated heterocycles. The summed E-state index contributed by atoms with van der Waals surface area (Å²) in [6.45, 7) is 5.70. The Bertz CT molecular complexity index is 512. The molecule has 120 valence electrons. The highest BCUT2D eigenvalue weighted by atomic mass is 16.5. The minimum atomic E-state index is -0.223. The molecule has 2 atom stereocenters. The van der Waals surface area contributed by atoms with E-state index in [1.807, 2.05) is 0 Å². The van der Waals surface area contributed by atoms with Crippen molar-refractivity contribution in [1.82, 2.24) is 10.2 Å². The van der Waals surface area contributed by atoms with Crippen LogP contribution in [0.2, 0.25) is 0 Å². The summed E-state index contributed by atoms with van der Waals surface area (Å²) in [7, 11) is 0. The summed E-state index contributed by atoms with van der Waals surface area (Å²) in [6.07, 6.45) is 3.79. The fourth-order valence-corrected chi connectivity index (χ4v) is 3.48. The van der Waals surface area contributed by atoms with Gasteiger partial charge in [-0.3, -0.25) is 9.69 Å². The molecule has 4 nitrogen and oxygen atoms in total. The Morgan fingerprint density at radius 2 is 2.23 bits per heavy atom. The summed E-state index contributed by atoms with van der Waals surface area (Å²) in [5, 5.41) is 3.09. The third-order valence-electron chi connectivity index (χ3n) is 4.88. The Morgan fingerprint density at radius 3 is 2.95 bits per heavy atom. The lowest BCUT2D eigenvalue weighted by Gasteiger charge is -2.35. The third kappa shape index (κ3) is 3.50. The fraction of sp³-hybridized carbons (Fsp3) is 0.611. The first-order valence-electron chi connectivity index (χ1n) is 8.48. The molecule has 0 spiro atoms. The number of rotatable bonds is 5. The zero-order chi connectivity index (χ0) is 15.4. The van der Waals surface area contributed by atoms with E-state index >= 15 is 0 Å². The Labute approximate surface area is 132 Å². The molecule has 1 N–H and O–H groups in total. The minimum absolute atomic E-state index is 0.0633. The number of fused-ring (bicyclic) bond motifs is 1. The first-order chi connectivity index (χ1) is 10.8. The first kappa shape index (κ1) is 15.5. The van der Waals surface area contributed by atoms with Crippen LogP contribution in [0.4, 0.5) is 0 Å². The molecule has 0 aromatic heterocycles. The largest absolute Gasteiger partial charge is 0.368 e. The fourth-order valence-electron chi connectivity index (χ4n) is 3.48. The molecule has 0 radical (unpaired) electrons. The average molecular weight is 302 g/mol. The molecule has 1 fully saturated rings. The molecule has 3 rings (SSSR count). The molecule has 2 heterocycles. The molecule has 0 saturated carbocycles. The Morgan fingerprint density at radius 1 is 1.41 bits per heavy atom. The number of carbonyl (C=O) groups excluding carboxylic acids is 1. The van der Waals surface area contributed by atoms with Crippen LogP contribution in [0.5, 0.6) is 0 Å². The summed E-state index contributed by atoms with van der Waals surface area (Å²) in [6, 6.07) is 9.08. The van der Waals surface area contributed by atoms with Gasteiger partial charge in [0.15, 0.2) is 0 Å². The number of nitrogens with one attached hydrogen (secondary N) is 1. The lowest BCUT2D eigenvalue weighted by molar-refractivity contribution is -0.130. The summed E-state index contributed by atoms with van der Waals surface area (Å²) in [5.74, 6) is 0.0633. The van der Waals surface area contributed by atoms with Crippen molar-refractivity contribution >= 4 is 5.91 Å². The quantitative estimate of drug-likeness (QED) is 0.906. The van der Waals surface area contributed by atoms with Crippen LogP contribution in [-0.2, 0) is 22.5 Å². The number of carbonyl (C=O) groups is 1. The number of hydrogen-bond donors (Lipinski definition) is 1. The molecule has 0 aliphatic carbocycles. The van der Waals surface area contributed by atoms with Crippen LogP contribution in [-0.4, -0.2) is 42.6 Å². The van der Waals surface area contributed by atoms with Gasteiger partial charge in [0.25, 0.3) is 0 Å². The van der Waals surface area contributed by atoms with E-state index in [9.17, 15) is 4.79 Å². The van der Waals surface area contributed by atoms with Gasteiger partial charge in [-0.1, -0.05) is 31.2 Å². The Hall–Kier alpha value is -1.39. The van der Waals surface area contributed by atoms with Gasteiger partial charge in [-0.05, 0) is 36.8 Å².